The molecule has 0 aromatic carbocycles. The number of sulfonamides is 1. The van der Waals surface area contributed by atoms with E-state index in [0.717, 1.165) is 19.3 Å². The zero-order valence-electron chi connectivity index (χ0n) is 11.1. The van der Waals surface area contributed by atoms with Crippen molar-refractivity contribution in [3.05, 3.63) is 11.4 Å². The number of carbonyl (C=O) groups is 1. The molecule has 0 aliphatic carbocycles. The number of esters is 1. The summed E-state index contributed by atoms with van der Waals surface area (Å²) in [4.78, 5) is 11.5. The van der Waals surface area contributed by atoms with Crippen LogP contribution in [0.4, 0.5) is 0 Å². The largest absolute Gasteiger partial charge is 0.461 e. The maximum atomic E-state index is 11.8. The van der Waals surface area contributed by atoms with E-state index in [9.17, 15) is 13.2 Å². The van der Waals surface area contributed by atoms with Gasteiger partial charge in [-0.05, 0) is 12.8 Å². The minimum absolute atomic E-state index is 0.241. The summed E-state index contributed by atoms with van der Waals surface area (Å²) in [5.74, 6) is -0.768. The molecular formula is C11H19N3O4S. The topological polar surface area (TPSA) is 115 Å². The van der Waals surface area contributed by atoms with Crippen molar-refractivity contribution in [3.63, 3.8) is 0 Å². The van der Waals surface area contributed by atoms with Gasteiger partial charge in [0.1, 0.15) is 4.90 Å². The quantitative estimate of drug-likeness (QED) is 0.573. The molecule has 1 aromatic rings. The van der Waals surface area contributed by atoms with Crippen LogP contribution in [-0.4, -0.2) is 31.2 Å². The van der Waals surface area contributed by atoms with Gasteiger partial charge in [-0.2, -0.15) is 5.10 Å². The fraction of sp³-hybridized carbons (Fsp3) is 0.636. The lowest BCUT2D eigenvalue weighted by molar-refractivity contribution is 0.0486. The molecule has 1 rings (SSSR count). The van der Waals surface area contributed by atoms with E-state index in [2.05, 4.69) is 10.2 Å². The number of aryl methyl sites for hydroxylation is 1. The van der Waals surface area contributed by atoms with Crippen LogP contribution < -0.4 is 5.14 Å². The molecule has 0 saturated heterocycles. The van der Waals surface area contributed by atoms with E-state index in [1.54, 1.807) is 6.92 Å². The lowest BCUT2D eigenvalue weighted by Gasteiger charge is -2.04. The van der Waals surface area contributed by atoms with Crippen LogP contribution in [0.2, 0.25) is 0 Å². The number of aromatic amines is 1. The molecule has 1 heterocycles. The van der Waals surface area contributed by atoms with Gasteiger partial charge < -0.3 is 4.74 Å². The molecule has 0 amide bonds. The molecule has 0 bridgehead atoms. The summed E-state index contributed by atoms with van der Waals surface area (Å²) in [6.45, 7) is 4.01. The number of hydrogen-bond donors (Lipinski definition) is 2. The van der Waals surface area contributed by atoms with E-state index in [0.29, 0.717) is 12.1 Å². The monoisotopic (exact) mass is 289 g/mol. The molecule has 0 fully saturated rings. The lowest BCUT2D eigenvalue weighted by Crippen LogP contribution is -2.18. The third kappa shape index (κ3) is 4.03. The Bertz CT molecular complexity index is 536. The predicted molar refractivity (Wildman–Crippen MR) is 69.1 cm³/mol. The van der Waals surface area contributed by atoms with Gasteiger partial charge in [0.25, 0.3) is 0 Å². The average molecular weight is 289 g/mol. The first-order valence-electron chi connectivity index (χ1n) is 6.19. The molecule has 8 heteroatoms. The van der Waals surface area contributed by atoms with E-state index in [1.165, 1.54) is 0 Å². The van der Waals surface area contributed by atoms with Crippen molar-refractivity contribution in [1.82, 2.24) is 10.2 Å². The molecule has 0 aliphatic heterocycles. The van der Waals surface area contributed by atoms with Gasteiger partial charge in [-0.25, -0.2) is 18.4 Å². The summed E-state index contributed by atoms with van der Waals surface area (Å²) < 4.78 is 28.0. The van der Waals surface area contributed by atoms with Crippen LogP contribution in [0.3, 0.4) is 0 Å². The number of ether oxygens (including phenoxy) is 1. The van der Waals surface area contributed by atoms with E-state index in [4.69, 9.17) is 9.88 Å². The summed E-state index contributed by atoms with van der Waals surface area (Å²) in [5, 5.41) is 11.3. The maximum Gasteiger partial charge on any atom is 0.360 e. The molecule has 0 atom stereocenters. The minimum atomic E-state index is -4.01. The van der Waals surface area contributed by atoms with Crippen LogP contribution in [0, 0.1) is 0 Å². The Kier molecular flexibility index (Phi) is 5.49. The third-order valence-electron chi connectivity index (χ3n) is 2.60. The van der Waals surface area contributed by atoms with Crippen molar-refractivity contribution < 1.29 is 17.9 Å². The van der Waals surface area contributed by atoms with Gasteiger partial charge in [0, 0.05) is 0 Å². The lowest BCUT2D eigenvalue weighted by atomic mass is 10.3. The van der Waals surface area contributed by atoms with E-state index in [1.807, 2.05) is 6.92 Å². The highest BCUT2D eigenvalue weighted by Crippen LogP contribution is 2.18. The summed E-state index contributed by atoms with van der Waals surface area (Å²) in [7, 11) is -4.01. The molecule has 0 radical (unpaired) electrons. The molecule has 19 heavy (non-hydrogen) atoms. The molecule has 3 N–H and O–H groups in total. The number of rotatable bonds is 7. The molecular weight excluding hydrogens is 270 g/mol. The zero-order valence-corrected chi connectivity index (χ0v) is 11.9. The first-order chi connectivity index (χ1) is 8.91. The van der Waals surface area contributed by atoms with Crippen molar-refractivity contribution in [3.8, 4) is 0 Å². The predicted octanol–water partition coefficient (Wildman–Crippen LogP) is 0.966. The number of nitrogens with one attached hydrogen (secondary N) is 1. The number of carbonyl (C=O) groups excluding carboxylic acids is 1. The number of unbranched alkanes of at least 4 members (excludes halogenated alkanes) is 2. The normalized spacial score (nSPS) is 11.5. The van der Waals surface area contributed by atoms with E-state index < -0.39 is 16.0 Å². The summed E-state index contributed by atoms with van der Waals surface area (Å²) in [5.41, 5.74) is 0.0406. The fourth-order valence-corrected chi connectivity index (χ4v) is 2.57. The Morgan fingerprint density at radius 2 is 2.05 bits per heavy atom. The standard InChI is InChI=1S/C11H19N3O4S/c1-3-5-6-7-18-11(15)9-10(19(12,16)17)8(4-2)13-14-9/h3-7H2,1-2H3,(H,13,14)(H2,12,16,17). The van der Waals surface area contributed by atoms with Crippen molar-refractivity contribution in [1.29, 1.82) is 0 Å². The SMILES string of the molecule is CCCCCOC(=O)c1n[nH]c(CC)c1S(N)(=O)=O. The summed E-state index contributed by atoms with van der Waals surface area (Å²) in [6, 6.07) is 0. The van der Waals surface area contributed by atoms with Crippen LogP contribution in [0.15, 0.2) is 4.90 Å². The number of H-pyrrole nitrogens is 1. The highest BCUT2D eigenvalue weighted by atomic mass is 32.2. The second-order valence-electron chi connectivity index (χ2n) is 4.12. The molecule has 1 aromatic heterocycles. The number of nitrogens with zero attached hydrogens (tertiary/aromatic N) is 1. The summed E-state index contributed by atoms with van der Waals surface area (Å²) >= 11 is 0. The second-order valence-corrected chi connectivity index (χ2v) is 5.62. The molecule has 0 aliphatic rings. The number of primary sulfonamides is 1. The minimum Gasteiger partial charge on any atom is -0.461 e. The van der Waals surface area contributed by atoms with Crippen molar-refractivity contribution in [2.45, 2.75) is 44.4 Å². The molecule has 0 spiro atoms. The molecule has 0 unspecified atom stereocenters. The van der Waals surface area contributed by atoms with Gasteiger partial charge in [-0.15, -0.1) is 0 Å². The number of hydrogen-bond acceptors (Lipinski definition) is 5. The van der Waals surface area contributed by atoms with E-state index >= 15 is 0 Å². The van der Waals surface area contributed by atoms with Crippen molar-refractivity contribution in [2.75, 3.05) is 6.61 Å². The number of aromatic nitrogens is 2. The van der Waals surface area contributed by atoms with Crippen LogP contribution in [-0.2, 0) is 21.2 Å². The van der Waals surface area contributed by atoms with Crippen LogP contribution >= 0.6 is 0 Å². The second kappa shape index (κ2) is 6.67. The van der Waals surface area contributed by atoms with Crippen LogP contribution in [0.1, 0.15) is 49.3 Å². The maximum absolute atomic E-state index is 11.8. The summed E-state index contributed by atoms with van der Waals surface area (Å²) in [6.07, 6.45) is 3.05. The Hall–Kier alpha value is -1.41. The zero-order chi connectivity index (χ0) is 14.5. The molecule has 7 nitrogen and oxygen atoms in total. The highest BCUT2D eigenvalue weighted by molar-refractivity contribution is 7.89. The highest BCUT2D eigenvalue weighted by Gasteiger charge is 2.27. The Balaban J connectivity index is 2.89. The van der Waals surface area contributed by atoms with Gasteiger partial charge in [0.05, 0.1) is 12.3 Å². The first-order valence-corrected chi connectivity index (χ1v) is 7.73. The van der Waals surface area contributed by atoms with Crippen molar-refractivity contribution >= 4 is 16.0 Å². The average Bonchev–Trinajstić information content (AvgIpc) is 2.78. The van der Waals surface area contributed by atoms with Gasteiger partial charge >= 0.3 is 5.97 Å². The Morgan fingerprint density at radius 1 is 1.37 bits per heavy atom. The van der Waals surface area contributed by atoms with Gasteiger partial charge in [-0.1, -0.05) is 26.7 Å². The van der Waals surface area contributed by atoms with Gasteiger partial charge in [0.2, 0.25) is 10.0 Å². The Labute approximate surface area is 112 Å². The molecule has 108 valence electrons. The van der Waals surface area contributed by atoms with Gasteiger partial charge in [-0.3, -0.25) is 5.10 Å². The first kappa shape index (κ1) is 15.6. The van der Waals surface area contributed by atoms with Crippen LogP contribution in [0.5, 0.6) is 0 Å². The fourth-order valence-electron chi connectivity index (χ4n) is 1.64. The van der Waals surface area contributed by atoms with Crippen molar-refractivity contribution in [2.24, 2.45) is 5.14 Å². The Morgan fingerprint density at radius 3 is 2.58 bits per heavy atom. The van der Waals surface area contributed by atoms with Crippen LogP contribution in [0.25, 0.3) is 0 Å². The molecule has 0 saturated carbocycles. The smallest absolute Gasteiger partial charge is 0.360 e. The third-order valence-corrected chi connectivity index (χ3v) is 3.61. The van der Waals surface area contributed by atoms with E-state index in [-0.39, 0.29) is 17.2 Å². The number of nitrogens with two attached hydrogens (primary N) is 1. The van der Waals surface area contributed by atoms with Gasteiger partial charge in [0.15, 0.2) is 5.69 Å².